The van der Waals surface area contributed by atoms with Gasteiger partial charge in [0.15, 0.2) is 0 Å². The van der Waals surface area contributed by atoms with Gasteiger partial charge in [0.2, 0.25) is 0 Å². The van der Waals surface area contributed by atoms with Crippen LogP contribution < -0.4 is 4.74 Å². The molecule has 124 valence electrons. The minimum absolute atomic E-state index is 0.0239. The lowest BCUT2D eigenvalue weighted by Crippen LogP contribution is -2.16. The van der Waals surface area contributed by atoms with E-state index in [0.717, 1.165) is 37.0 Å². The van der Waals surface area contributed by atoms with E-state index in [9.17, 15) is 5.11 Å². The topological polar surface area (TPSA) is 29.5 Å². The van der Waals surface area contributed by atoms with Gasteiger partial charge < -0.3 is 9.84 Å². The molecule has 0 aliphatic rings. The molecule has 0 aliphatic carbocycles. The minimum atomic E-state index is 0.0239. The van der Waals surface area contributed by atoms with Gasteiger partial charge in [-0.05, 0) is 48.6 Å². The molecule has 0 radical (unpaired) electrons. The van der Waals surface area contributed by atoms with Crippen LogP contribution in [0.5, 0.6) is 11.5 Å². The van der Waals surface area contributed by atoms with Crippen molar-refractivity contribution in [3.05, 3.63) is 59.2 Å². The molecule has 2 aromatic rings. The van der Waals surface area contributed by atoms with Crippen LogP contribution >= 0.6 is 0 Å². The van der Waals surface area contributed by atoms with E-state index in [1.54, 1.807) is 6.07 Å². The number of phenols is 1. The van der Waals surface area contributed by atoms with E-state index in [0.29, 0.717) is 12.2 Å². The molecular weight excluding hydrogens is 284 g/mol. The van der Waals surface area contributed by atoms with Crippen molar-refractivity contribution in [3.8, 4) is 11.5 Å². The fraction of sp³-hybridized carbons (Fsp3) is 0.429. The van der Waals surface area contributed by atoms with Gasteiger partial charge in [0, 0.05) is 6.42 Å². The number of rotatable bonds is 8. The van der Waals surface area contributed by atoms with Crippen LogP contribution in [0.4, 0.5) is 0 Å². The van der Waals surface area contributed by atoms with Gasteiger partial charge in [-0.1, -0.05) is 57.0 Å². The lowest BCUT2D eigenvalue weighted by Gasteiger charge is -2.20. The fourth-order valence-corrected chi connectivity index (χ4v) is 3.01. The van der Waals surface area contributed by atoms with Crippen molar-refractivity contribution in [1.82, 2.24) is 0 Å². The van der Waals surface area contributed by atoms with Crippen molar-refractivity contribution in [1.29, 1.82) is 0 Å². The molecule has 1 N–H and O–H groups in total. The van der Waals surface area contributed by atoms with E-state index >= 15 is 0 Å². The van der Waals surface area contributed by atoms with Crippen LogP contribution in [-0.4, -0.2) is 11.2 Å². The second kappa shape index (κ2) is 8.61. The summed E-state index contributed by atoms with van der Waals surface area (Å²) in [6.07, 6.45) is 5.14. The molecule has 0 fully saturated rings. The first-order valence-corrected chi connectivity index (χ1v) is 8.70. The third-order valence-corrected chi connectivity index (χ3v) is 4.08. The highest BCUT2D eigenvalue weighted by Gasteiger charge is 2.13. The molecule has 2 nitrogen and oxygen atoms in total. The first kappa shape index (κ1) is 17.4. The summed E-state index contributed by atoms with van der Waals surface area (Å²) in [4.78, 5) is 0. The molecule has 2 heteroatoms. The van der Waals surface area contributed by atoms with Crippen molar-refractivity contribution >= 4 is 0 Å². The summed E-state index contributed by atoms with van der Waals surface area (Å²) in [7, 11) is 0. The normalized spacial score (nSPS) is 12.1. The van der Waals surface area contributed by atoms with Crippen molar-refractivity contribution in [3.63, 3.8) is 0 Å². The number of para-hydroxylation sites is 1. The first-order chi connectivity index (χ1) is 11.2. The molecule has 23 heavy (non-hydrogen) atoms. The summed E-state index contributed by atoms with van der Waals surface area (Å²) in [5.74, 6) is 1.34. The maximum Gasteiger partial charge on any atom is 0.123 e. The van der Waals surface area contributed by atoms with Crippen LogP contribution in [0.3, 0.4) is 0 Å². The lowest BCUT2D eigenvalue weighted by atomic mass is 9.98. The molecular formula is C21H28O2. The predicted octanol–water partition coefficient (Wildman–Crippen LogP) is 5.31. The quantitative estimate of drug-likeness (QED) is 0.716. The van der Waals surface area contributed by atoms with E-state index in [-0.39, 0.29) is 6.10 Å². The average Bonchev–Trinajstić information content (AvgIpc) is 2.53. The van der Waals surface area contributed by atoms with Gasteiger partial charge >= 0.3 is 0 Å². The van der Waals surface area contributed by atoms with E-state index in [1.165, 1.54) is 11.1 Å². The van der Waals surface area contributed by atoms with Crippen molar-refractivity contribution in [2.24, 2.45) is 0 Å². The van der Waals surface area contributed by atoms with Crippen LogP contribution in [0.1, 0.15) is 50.3 Å². The van der Waals surface area contributed by atoms with Crippen LogP contribution in [0.25, 0.3) is 0 Å². The Labute approximate surface area is 140 Å². The van der Waals surface area contributed by atoms with Crippen LogP contribution in [0.2, 0.25) is 0 Å². The van der Waals surface area contributed by atoms with Crippen molar-refractivity contribution < 1.29 is 9.84 Å². The zero-order valence-corrected chi connectivity index (χ0v) is 14.5. The second-order valence-corrected chi connectivity index (χ2v) is 6.16. The Bertz CT molecular complexity index is 619. The molecule has 0 spiro atoms. The van der Waals surface area contributed by atoms with Gasteiger partial charge in [0.25, 0.3) is 0 Å². The minimum Gasteiger partial charge on any atom is -0.508 e. The van der Waals surface area contributed by atoms with Crippen molar-refractivity contribution in [2.45, 2.75) is 59.0 Å². The molecule has 0 amide bonds. The number of hydrogen-bond donors (Lipinski definition) is 1. The summed E-state index contributed by atoms with van der Waals surface area (Å²) < 4.78 is 6.23. The smallest absolute Gasteiger partial charge is 0.123 e. The van der Waals surface area contributed by atoms with Crippen molar-refractivity contribution in [2.75, 3.05) is 0 Å². The summed E-state index contributed by atoms with van der Waals surface area (Å²) >= 11 is 0. The Kier molecular flexibility index (Phi) is 6.52. The Morgan fingerprint density at radius 3 is 2.30 bits per heavy atom. The Balaban J connectivity index is 2.15. The van der Waals surface area contributed by atoms with Gasteiger partial charge in [0.1, 0.15) is 17.6 Å². The highest BCUT2D eigenvalue weighted by Crippen LogP contribution is 2.27. The lowest BCUT2D eigenvalue weighted by molar-refractivity contribution is 0.218. The Hall–Kier alpha value is -1.96. The molecule has 0 aliphatic heterocycles. The highest BCUT2D eigenvalue weighted by molar-refractivity contribution is 5.41. The number of hydrogen-bond acceptors (Lipinski definition) is 2. The largest absolute Gasteiger partial charge is 0.508 e. The van der Waals surface area contributed by atoms with E-state index < -0.39 is 0 Å². The predicted molar refractivity (Wildman–Crippen MR) is 96.3 cm³/mol. The Morgan fingerprint density at radius 2 is 1.61 bits per heavy atom. The standard InChI is InChI=1S/C21H28O2/c1-4-9-17-12-8-14-21(19(17)10-5-2)23-16(3)15-18-11-6-7-13-20(18)22/h6-8,11-14,16,22H,4-5,9-10,15H2,1-3H3. The number of ether oxygens (including phenoxy) is 1. The first-order valence-electron chi connectivity index (χ1n) is 8.70. The van der Waals surface area contributed by atoms with Crippen LogP contribution in [-0.2, 0) is 19.3 Å². The molecule has 1 unspecified atom stereocenters. The van der Waals surface area contributed by atoms with Gasteiger partial charge in [-0.15, -0.1) is 0 Å². The monoisotopic (exact) mass is 312 g/mol. The second-order valence-electron chi connectivity index (χ2n) is 6.16. The number of aromatic hydroxyl groups is 1. The summed E-state index contributed by atoms with van der Waals surface area (Å²) in [5.41, 5.74) is 3.68. The third-order valence-electron chi connectivity index (χ3n) is 4.08. The number of benzene rings is 2. The van der Waals surface area contributed by atoms with E-state index in [2.05, 4.69) is 39.0 Å². The number of phenolic OH excluding ortho intramolecular Hbond substituents is 1. The fourth-order valence-electron chi connectivity index (χ4n) is 3.01. The highest BCUT2D eigenvalue weighted by atomic mass is 16.5. The molecule has 2 aromatic carbocycles. The molecule has 0 heterocycles. The van der Waals surface area contributed by atoms with Gasteiger partial charge in [-0.2, -0.15) is 0 Å². The summed E-state index contributed by atoms with van der Waals surface area (Å²) in [6, 6.07) is 13.9. The van der Waals surface area contributed by atoms with Gasteiger partial charge in [-0.25, -0.2) is 0 Å². The van der Waals surface area contributed by atoms with Crippen LogP contribution in [0.15, 0.2) is 42.5 Å². The average molecular weight is 312 g/mol. The zero-order valence-electron chi connectivity index (χ0n) is 14.5. The SMILES string of the molecule is CCCc1cccc(OC(C)Cc2ccccc2O)c1CCC. The molecule has 0 saturated heterocycles. The van der Waals surface area contributed by atoms with Gasteiger partial charge in [-0.3, -0.25) is 0 Å². The van der Waals surface area contributed by atoms with E-state index in [1.807, 2.05) is 18.2 Å². The maximum absolute atomic E-state index is 9.92. The maximum atomic E-state index is 9.92. The van der Waals surface area contributed by atoms with Gasteiger partial charge in [0.05, 0.1) is 0 Å². The molecule has 0 aromatic heterocycles. The molecule has 0 bridgehead atoms. The Morgan fingerprint density at radius 1 is 0.913 bits per heavy atom. The number of aryl methyl sites for hydroxylation is 1. The molecule has 1 atom stereocenters. The van der Waals surface area contributed by atoms with E-state index in [4.69, 9.17) is 4.74 Å². The summed E-state index contributed by atoms with van der Waals surface area (Å²) in [6.45, 7) is 6.48. The third kappa shape index (κ3) is 4.75. The zero-order chi connectivity index (χ0) is 16.7. The van der Waals surface area contributed by atoms with Crippen LogP contribution in [0, 0.1) is 0 Å². The molecule has 0 saturated carbocycles. The summed E-state index contributed by atoms with van der Waals surface area (Å²) in [5, 5.41) is 9.92. The molecule has 2 rings (SSSR count).